The van der Waals surface area contributed by atoms with Crippen LogP contribution in [0.3, 0.4) is 0 Å². The monoisotopic (exact) mass is 215 g/mol. The van der Waals surface area contributed by atoms with Crippen LogP contribution in [0.5, 0.6) is 5.88 Å². The van der Waals surface area contributed by atoms with Gasteiger partial charge >= 0.3 is 0 Å². The second-order valence-electron chi connectivity index (χ2n) is 2.78. The summed E-state index contributed by atoms with van der Waals surface area (Å²) in [7, 11) is 0. The third-order valence-electron chi connectivity index (χ3n) is 1.62. The van der Waals surface area contributed by atoms with Crippen LogP contribution in [0.2, 0.25) is 5.02 Å². The predicted octanol–water partition coefficient (Wildman–Crippen LogP) is 2.46. The highest BCUT2D eigenvalue weighted by Crippen LogP contribution is 2.21. The first kappa shape index (κ1) is 11.3. The maximum atomic E-state index is 5.88. The quantitative estimate of drug-likeness (QED) is 0.708. The molecule has 0 saturated heterocycles. The molecule has 0 radical (unpaired) electrons. The largest absolute Gasteiger partial charge is 0.474 e. The van der Waals surface area contributed by atoms with E-state index in [0.29, 0.717) is 30.7 Å². The zero-order valence-electron chi connectivity index (χ0n) is 8.42. The van der Waals surface area contributed by atoms with E-state index < -0.39 is 0 Å². The Morgan fingerprint density at radius 3 is 2.86 bits per heavy atom. The molecule has 4 heteroatoms. The maximum absolute atomic E-state index is 5.88. The lowest BCUT2D eigenvalue weighted by atomic mass is 10.4. The molecular formula is C10H14ClNO2. The molecule has 0 aromatic carbocycles. The summed E-state index contributed by atoms with van der Waals surface area (Å²) >= 11 is 5.88. The molecule has 0 fully saturated rings. The van der Waals surface area contributed by atoms with E-state index in [-0.39, 0.29) is 0 Å². The molecule has 1 heterocycles. The Morgan fingerprint density at radius 2 is 2.14 bits per heavy atom. The Hall–Kier alpha value is -0.800. The van der Waals surface area contributed by atoms with E-state index >= 15 is 0 Å². The number of pyridine rings is 1. The normalized spacial score (nSPS) is 10.2. The zero-order valence-corrected chi connectivity index (χ0v) is 9.17. The topological polar surface area (TPSA) is 31.4 Å². The van der Waals surface area contributed by atoms with Gasteiger partial charge in [0.1, 0.15) is 11.6 Å². The van der Waals surface area contributed by atoms with Crippen molar-refractivity contribution >= 4 is 11.6 Å². The molecule has 1 aromatic heterocycles. The van der Waals surface area contributed by atoms with Crippen LogP contribution in [0.4, 0.5) is 0 Å². The summed E-state index contributed by atoms with van der Waals surface area (Å²) in [6.07, 6.45) is 0. The van der Waals surface area contributed by atoms with Crippen molar-refractivity contribution in [2.45, 2.75) is 13.8 Å². The van der Waals surface area contributed by atoms with E-state index in [0.717, 1.165) is 5.69 Å². The summed E-state index contributed by atoms with van der Waals surface area (Å²) < 4.78 is 10.5. The van der Waals surface area contributed by atoms with Crippen molar-refractivity contribution in [3.05, 3.63) is 22.8 Å². The van der Waals surface area contributed by atoms with Gasteiger partial charge in [0.15, 0.2) is 0 Å². The molecule has 0 bridgehead atoms. The second-order valence-corrected chi connectivity index (χ2v) is 3.19. The van der Waals surface area contributed by atoms with Crippen molar-refractivity contribution in [3.8, 4) is 5.88 Å². The van der Waals surface area contributed by atoms with Crippen molar-refractivity contribution in [2.75, 3.05) is 19.8 Å². The van der Waals surface area contributed by atoms with E-state index in [4.69, 9.17) is 21.1 Å². The number of aryl methyl sites for hydroxylation is 1. The molecule has 1 aromatic rings. The number of halogens is 1. The van der Waals surface area contributed by atoms with E-state index in [1.807, 2.05) is 19.9 Å². The average Bonchev–Trinajstić information content (AvgIpc) is 2.18. The molecule has 3 nitrogen and oxygen atoms in total. The van der Waals surface area contributed by atoms with Crippen LogP contribution in [-0.4, -0.2) is 24.8 Å². The van der Waals surface area contributed by atoms with Crippen LogP contribution in [0.1, 0.15) is 12.6 Å². The van der Waals surface area contributed by atoms with Crippen molar-refractivity contribution in [2.24, 2.45) is 0 Å². The SMILES string of the molecule is CCOCCOc1nc(C)ccc1Cl. The minimum atomic E-state index is 0.476. The van der Waals surface area contributed by atoms with Crippen LogP contribution in [0.25, 0.3) is 0 Å². The molecule has 0 aliphatic heterocycles. The van der Waals surface area contributed by atoms with Gasteiger partial charge in [0.05, 0.1) is 6.61 Å². The summed E-state index contributed by atoms with van der Waals surface area (Å²) in [5, 5.41) is 0.534. The zero-order chi connectivity index (χ0) is 10.4. The summed E-state index contributed by atoms with van der Waals surface area (Å²) in [6, 6.07) is 3.62. The lowest BCUT2D eigenvalue weighted by Gasteiger charge is -2.07. The number of hydrogen-bond acceptors (Lipinski definition) is 3. The average molecular weight is 216 g/mol. The molecule has 0 atom stereocenters. The van der Waals surface area contributed by atoms with Crippen LogP contribution < -0.4 is 4.74 Å². The lowest BCUT2D eigenvalue weighted by Crippen LogP contribution is -2.07. The first-order valence-corrected chi connectivity index (χ1v) is 4.95. The molecule has 1 rings (SSSR count). The molecular weight excluding hydrogens is 202 g/mol. The number of aromatic nitrogens is 1. The van der Waals surface area contributed by atoms with Gasteiger partial charge in [0.2, 0.25) is 5.88 Å². The maximum Gasteiger partial charge on any atom is 0.232 e. The molecule has 14 heavy (non-hydrogen) atoms. The van der Waals surface area contributed by atoms with Crippen LogP contribution >= 0.6 is 11.6 Å². The smallest absolute Gasteiger partial charge is 0.232 e. The molecule has 0 saturated carbocycles. The third-order valence-corrected chi connectivity index (χ3v) is 1.91. The fraction of sp³-hybridized carbons (Fsp3) is 0.500. The van der Waals surface area contributed by atoms with Gasteiger partial charge in [0, 0.05) is 12.3 Å². The van der Waals surface area contributed by atoms with E-state index in [9.17, 15) is 0 Å². The molecule has 0 spiro atoms. The van der Waals surface area contributed by atoms with Crippen LogP contribution in [0.15, 0.2) is 12.1 Å². The number of rotatable bonds is 5. The van der Waals surface area contributed by atoms with E-state index in [1.165, 1.54) is 0 Å². The minimum Gasteiger partial charge on any atom is -0.474 e. The first-order valence-electron chi connectivity index (χ1n) is 4.57. The van der Waals surface area contributed by atoms with Gasteiger partial charge in [0.25, 0.3) is 0 Å². The van der Waals surface area contributed by atoms with E-state index in [1.54, 1.807) is 6.07 Å². The predicted molar refractivity (Wildman–Crippen MR) is 56.0 cm³/mol. The second kappa shape index (κ2) is 5.83. The minimum absolute atomic E-state index is 0.476. The molecule has 0 unspecified atom stereocenters. The van der Waals surface area contributed by atoms with Gasteiger partial charge < -0.3 is 9.47 Å². The van der Waals surface area contributed by atoms with Gasteiger partial charge in [-0.3, -0.25) is 0 Å². The molecule has 78 valence electrons. The Morgan fingerprint density at radius 1 is 1.36 bits per heavy atom. The van der Waals surface area contributed by atoms with Gasteiger partial charge in [-0.25, -0.2) is 4.98 Å². The first-order chi connectivity index (χ1) is 6.74. The standard InChI is InChI=1S/C10H14ClNO2/c1-3-13-6-7-14-10-9(11)5-4-8(2)12-10/h4-5H,3,6-7H2,1-2H3. The fourth-order valence-electron chi connectivity index (χ4n) is 0.959. The summed E-state index contributed by atoms with van der Waals surface area (Å²) in [5.41, 5.74) is 0.890. The highest BCUT2D eigenvalue weighted by Gasteiger charge is 2.02. The molecule has 0 amide bonds. The highest BCUT2D eigenvalue weighted by molar-refractivity contribution is 6.31. The number of nitrogens with zero attached hydrogens (tertiary/aromatic N) is 1. The number of hydrogen-bond donors (Lipinski definition) is 0. The van der Waals surface area contributed by atoms with Gasteiger partial charge in [-0.15, -0.1) is 0 Å². The van der Waals surface area contributed by atoms with Gasteiger partial charge in [-0.2, -0.15) is 0 Å². The number of ether oxygens (including phenoxy) is 2. The summed E-state index contributed by atoms with van der Waals surface area (Å²) in [5.74, 6) is 0.478. The van der Waals surface area contributed by atoms with Gasteiger partial charge in [-0.1, -0.05) is 11.6 Å². The van der Waals surface area contributed by atoms with Crippen LogP contribution in [0, 0.1) is 6.92 Å². The third kappa shape index (κ3) is 3.52. The Bertz CT molecular complexity index is 291. The van der Waals surface area contributed by atoms with Crippen molar-refractivity contribution < 1.29 is 9.47 Å². The Balaban J connectivity index is 2.45. The lowest BCUT2D eigenvalue weighted by molar-refractivity contribution is 0.108. The van der Waals surface area contributed by atoms with Crippen LogP contribution in [-0.2, 0) is 4.74 Å². The van der Waals surface area contributed by atoms with Crippen molar-refractivity contribution in [1.82, 2.24) is 4.98 Å². The summed E-state index contributed by atoms with van der Waals surface area (Å²) in [6.45, 7) is 5.56. The van der Waals surface area contributed by atoms with Crippen molar-refractivity contribution in [1.29, 1.82) is 0 Å². The Labute approximate surface area is 89.0 Å². The summed E-state index contributed by atoms with van der Waals surface area (Å²) in [4.78, 5) is 4.16. The van der Waals surface area contributed by atoms with Gasteiger partial charge in [-0.05, 0) is 26.0 Å². The molecule has 0 N–H and O–H groups in total. The molecule has 0 aliphatic rings. The van der Waals surface area contributed by atoms with Crippen molar-refractivity contribution in [3.63, 3.8) is 0 Å². The Kier molecular flexibility index (Phi) is 4.70. The van der Waals surface area contributed by atoms with E-state index in [2.05, 4.69) is 4.98 Å². The molecule has 0 aliphatic carbocycles. The fourth-order valence-corrected chi connectivity index (χ4v) is 1.12. The highest BCUT2D eigenvalue weighted by atomic mass is 35.5.